The van der Waals surface area contributed by atoms with Gasteiger partial charge in [-0.1, -0.05) is 23.7 Å². The van der Waals surface area contributed by atoms with Gasteiger partial charge in [-0.15, -0.1) is 0 Å². The van der Waals surface area contributed by atoms with Gasteiger partial charge in [0.1, 0.15) is 0 Å². The van der Waals surface area contributed by atoms with E-state index in [2.05, 4.69) is 0 Å². The molecule has 8 heteroatoms. The largest absolute Gasteiger partial charge is 0.270 e. The number of hydrogen-bond donors (Lipinski definition) is 0. The van der Waals surface area contributed by atoms with E-state index in [9.17, 15) is 25.5 Å². The monoisotopic (exact) mass is 329 g/mol. The lowest BCUT2D eigenvalue weighted by Crippen LogP contribution is -1.91. The van der Waals surface area contributed by atoms with Crippen molar-refractivity contribution in [3.8, 4) is 6.07 Å². The van der Waals surface area contributed by atoms with Gasteiger partial charge in [0.25, 0.3) is 11.4 Å². The summed E-state index contributed by atoms with van der Waals surface area (Å²) < 4.78 is 0. The average Bonchev–Trinajstić information content (AvgIpc) is 2.53. The second kappa shape index (κ2) is 6.68. The number of nitro groups is 2. The molecule has 0 aromatic heterocycles. The molecule has 2 aromatic rings. The summed E-state index contributed by atoms with van der Waals surface area (Å²) in [6.45, 7) is 0. The highest BCUT2D eigenvalue weighted by Crippen LogP contribution is 2.27. The van der Waals surface area contributed by atoms with Crippen molar-refractivity contribution in [2.24, 2.45) is 0 Å². The van der Waals surface area contributed by atoms with Crippen molar-refractivity contribution in [1.82, 2.24) is 0 Å². The highest BCUT2D eigenvalue weighted by Gasteiger charge is 2.12. The van der Waals surface area contributed by atoms with Crippen molar-refractivity contribution in [2.75, 3.05) is 0 Å². The lowest BCUT2D eigenvalue weighted by Gasteiger charge is -2.02. The Morgan fingerprint density at radius 1 is 1.09 bits per heavy atom. The van der Waals surface area contributed by atoms with Crippen LogP contribution < -0.4 is 0 Å². The molecule has 0 spiro atoms. The Kier molecular flexibility index (Phi) is 4.69. The van der Waals surface area contributed by atoms with Crippen LogP contribution in [-0.4, -0.2) is 9.85 Å². The van der Waals surface area contributed by atoms with Crippen LogP contribution in [0.4, 0.5) is 11.4 Å². The molecule has 0 saturated heterocycles. The minimum Gasteiger partial charge on any atom is -0.258 e. The number of nitrogens with zero attached hydrogens (tertiary/aromatic N) is 3. The van der Waals surface area contributed by atoms with Gasteiger partial charge in [0.15, 0.2) is 0 Å². The van der Waals surface area contributed by atoms with Crippen LogP contribution in [0.1, 0.15) is 11.1 Å². The summed E-state index contributed by atoms with van der Waals surface area (Å²) in [6, 6.07) is 11.3. The Morgan fingerprint density at radius 3 is 2.35 bits per heavy atom. The third-order valence-corrected chi connectivity index (χ3v) is 3.32. The quantitative estimate of drug-likeness (QED) is 0.361. The van der Waals surface area contributed by atoms with Crippen molar-refractivity contribution < 1.29 is 9.85 Å². The minimum atomic E-state index is -0.576. The van der Waals surface area contributed by atoms with Crippen molar-refractivity contribution >= 4 is 34.6 Å². The van der Waals surface area contributed by atoms with E-state index in [1.54, 1.807) is 0 Å². The molecule has 0 radical (unpaired) electrons. The zero-order valence-corrected chi connectivity index (χ0v) is 12.2. The summed E-state index contributed by atoms with van der Waals surface area (Å²) in [5.41, 5.74) is 0.384. The molecular weight excluding hydrogens is 322 g/mol. The summed E-state index contributed by atoms with van der Waals surface area (Å²) in [6.07, 6.45) is 1.36. The van der Waals surface area contributed by atoms with Crippen LogP contribution in [0.2, 0.25) is 5.02 Å². The molecule has 0 aliphatic heterocycles. The topological polar surface area (TPSA) is 110 Å². The lowest BCUT2D eigenvalue weighted by molar-refractivity contribution is -0.385. The van der Waals surface area contributed by atoms with Gasteiger partial charge in [-0.2, -0.15) is 5.26 Å². The van der Waals surface area contributed by atoms with E-state index in [1.807, 2.05) is 6.07 Å². The number of nitro benzene ring substituents is 2. The maximum atomic E-state index is 10.8. The SMILES string of the molecule is N#C/C(=C/c1cc([N+](=O)[O-])ccc1Cl)c1cccc([N+](=O)[O-])c1. The summed E-state index contributed by atoms with van der Waals surface area (Å²) in [5, 5.41) is 31.1. The van der Waals surface area contributed by atoms with Crippen molar-refractivity contribution in [3.63, 3.8) is 0 Å². The Balaban J connectivity index is 2.54. The van der Waals surface area contributed by atoms with Gasteiger partial charge in [-0.3, -0.25) is 20.2 Å². The molecule has 0 atom stereocenters. The number of non-ortho nitro benzene ring substituents is 2. The number of allylic oxidation sites excluding steroid dienone is 1. The van der Waals surface area contributed by atoms with Crippen molar-refractivity contribution in [2.45, 2.75) is 0 Å². The van der Waals surface area contributed by atoms with Crippen LogP contribution in [0.3, 0.4) is 0 Å². The molecular formula is C15H8ClN3O4. The first-order chi connectivity index (χ1) is 10.9. The van der Waals surface area contributed by atoms with E-state index in [1.165, 1.54) is 48.5 Å². The lowest BCUT2D eigenvalue weighted by atomic mass is 10.0. The maximum Gasteiger partial charge on any atom is 0.270 e. The van der Waals surface area contributed by atoms with Gasteiger partial charge in [0.05, 0.1) is 21.5 Å². The Bertz CT molecular complexity index is 871. The van der Waals surface area contributed by atoms with Gasteiger partial charge in [0, 0.05) is 34.9 Å². The summed E-state index contributed by atoms with van der Waals surface area (Å²) >= 11 is 5.99. The van der Waals surface area contributed by atoms with Crippen LogP contribution in [0.25, 0.3) is 11.6 Å². The van der Waals surface area contributed by atoms with Crippen LogP contribution in [-0.2, 0) is 0 Å². The fourth-order valence-electron chi connectivity index (χ4n) is 1.88. The highest BCUT2D eigenvalue weighted by molar-refractivity contribution is 6.32. The van der Waals surface area contributed by atoms with Gasteiger partial charge in [-0.25, -0.2) is 0 Å². The minimum absolute atomic E-state index is 0.107. The summed E-state index contributed by atoms with van der Waals surface area (Å²) in [7, 11) is 0. The van der Waals surface area contributed by atoms with Crippen LogP contribution >= 0.6 is 11.6 Å². The van der Waals surface area contributed by atoms with E-state index < -0.39 is 9.85 Å². The zero-order valence-electron chi connectivity index (χ0n) is 11.5. The second-order valence-corrected chi connectivity index (χ2v) is 4.85. The Labute approximate surface area is 135 Å². The van der Waals surface area contributed by atoms with Gasteiger partial charge < -0.3 is 0 Å². The van der Waals surface area contributed by atoms with Crippen molar-refractivity contribution in [1.29, 1.82) is 5.26 Å². The zero-order chi connectivity index (χ0) is 17.0. The molecule has 7 nitrogen and oxygen atoms in total. The maximum absolute atomic E-state index is 10.8. The molecule has 2 aromatic carbocycles. The number of rotatable bonds is 4. The third-order valence-electron chi connectivity index (χ3n) is 2.98. The van der Waals surface area contributed by atoms with Crippen LogP contribution in [0, 0.1) is 31.6 Å². The Morgan fingerprint density at radius 2 is 1.74 bits per heavy atom. The molecule has 0 unspecified atom stereocenters. The molecule has 0 aliphatic rings. The predicted molar refractivity (Wildman–Crippen MR) is 84.7 cm³/mol. The van der Waals surface area contributed by atoms with E-state index in [0.29, 0.717) is 5.56 Å². The van der Waals surface area contributed by atoms with E-state index >= 15 is 0 Å². The van der Waals surface area contributed by atoms with E-state index in [4.69, 9.17) is 11.6 Å². The van der Waals surface area contributed by atoms with E-state index in [-0.39, 0.29) is 27.5 Å². The highest BCUT2D eigenvalue weighted by atomic mass is 35.5. The summed E-state index contributed by atoms with van der Waals surface area (Å²) in [5.74, 6) is 0. The molecule has 0 saturated carbocycles. The van der Waals surface area contributed by atoms with E-state index in [0.717, 1.165) is 0 Å². The number of nitriles is 1. The third kappa shape index (κ3) is 3.70. The first-order valence-electron chi connectivity index (χ1n) is 6.23. The second-order valence-electron chi connectivity index (χ2n) is 4.44. The molecule has 0 fully saturated rings. The van der Waals surface area contributed by atoms with Gasteiger partial charge >= 0.3 is 0 Å². The molecule has 0 bridgehead atoms. The first-order valence-corrected chi connectivity index (χ1v) is 6.60. The number of benzene rings is 2. The molecule has 0 aliphatic carbocycles. The molecule has 23 heavy (non-hydrogen) atoms. The van der Waals surface area contributed by atoms with Gasteiger partial charge in [-0.05, 0) is 17.7 Å². The first kappa shape index (κ1) is 16.1. The van der Waals surface area contributed by atoms with Crippen LogP contribution in [0.15, 0.2) is 42.5 Å². The van der Waals surface area contributed by atoms with Crippen molar-refractivity contribution in [3.05, 3.63) is 78.8 Å². The van der Waals surface area contributed by atoms with Gasteiger partial charge in [0.2, 0.25) is 0 Å². The predicted octanol–water partition coefficient (Wildman–Crippen LogP) is 4.22. The normalized spacial score (nSPS) is 10.9. The fourth-order valence-corrected chi connectivity index (χ4v) is 2.05. The smallest absolute Gasteiger partial charge is 0.258 e. The Hall–Kier alpha value is -3.24. The summed E-state index contributed by atoms with van der Waals surface area (Å²) in [4.78, 5) is 20.5. The molecule has 2 rings (SSSR count). The standard InChI is InChI=1S/C15H8ClN3O4/c16-15-5-4-14(19(22)23)8-11(15)6-12(9-17)10-2-1-3-13(7-10)18(20)21/h1-8H/b12-6-. The molecule has 0 amide bonds. The van der Waals surface area contributed by atoms with Crippen LogP contribution in [0.5, 0.6) is 0 Å². The fraction of sp³-hybridized carbons (Fsp3) is 0. The number of halogens is 1. The molecule has 0 N–H and O–H groups in total. The molecule has 0 heterocycles. The average molecular weight is 330 g/mol. The number of hydrogen-bond acceptors (Lipinski definition) is 5. The molecule has 114 valence electrons.